The third-order valence-corrected chi connectivity index (χ3v) is 12.4. The SMILES string of the molecule is Cc1ccc(-c2ccnc(-c3cc(-c4cccc5c4nc(-c4cc(C(C)(C)C)cc(C(C)(C)C)c4O)n5-c4cc(-c5ccccc5)cc(C(C)(C)C)c4)cc(C(C)(C)C)c3)c2)cc1. The first kappa shape index (κ1) is 43.4. The van der Waals surface area contributed by atoms with Gasteiger partial charge in [-0.2, -0.15) is 0 Å². The molecule has 2 heterocycles. The molecule has 0 saturated carbocycles. The van der Waals surface area contributed by atoms with Gasteiger partial charge in [-0.05, 0) is 122 Å². The summed E-state index contributed by atoms with van der Waals surface area (Å²) >= 11 is 0. The van der Waals surface area contributed by atoms with Crippen LogP contribution in [0, 0.1) is 6.92 Å². The van der Waals surface area contributed by atoms with Crippen LogP contribution in [0.25, 0.3) is 72.7 Å². The first-order valence-corrected chi connectivity index (χ1v) is 22.4. The highest BCUT2D eigenvalue weighted by Crippen LogP contribution is 2.45. The largest absolute Gasteiger partial charge is 0.507 e. The fourth-order valence-electron chi connectivity index (χ4n) is 8.43. The van der Waals surface area contributed by atoms with Gasteiger partial charge in [0.25, 0.3) is 0 Å². The molecule has 6 aromatic carbocycles. The number of fused-ring (bicyclic) bond motifs is 1. The maximum Gasteiger partial charge on any atom is 0.149 e. The Hall–Kier alpha value is -6.26. The molecule has 8 aromatic rings. The number of nitrogens with zero attached hydrogens (tertiary/aromatic N) is 3. The van der Waals surface area contributed by atoms with Gasteiger partial charge < -0.3 is 5.11 Å². The van der Waals surface area contributed by atoms with E-state index < -0.39 is 0 Å². The summed E-state index contributed by atoms with van der Waals surface area (Å²) in [6.07, 6.45) is 1.92. The molecule has 0 aliphatic rings. The van der Waals surface area contributed by atoms with Gasteiger partial charge in [0, 0.05) is 28.6 Å². The molecule has 0 atom stereocenters. The second-order valence-corrected chi connectivity index (χ2v) is 21.6. The number of hydrogen-bond acceptors (Lipinski definition) is 3. The number of aromatic nitrogens is 3. The lowest BCUT2D eigenvalue weighted by molar-refractivity contribution is 0.446. The van der Waals surface area contributed by atoms with Crippen molar-refractivity contribution < 1.29 is 5.11 Å². The van der Waals surface area contributed by atoms with E-state index in [0.29, 0.717) is 5.82 Å². The van der Waals surface area contributed by atoms with Gasteiger partial charge in [-0.25, -0.2) is 4.98 Å². The van der Waals surface area contributed by atoms with Crippen LogP contribution in [-0.4, -0.2) is 19.6 Å². The average Bonchev–Trinajstić information content (AvgIpc) is 3.62. The van der Waals surface area contributed by atoms with Crippen LogP contribution < -0.4 is 0 Å². The minimum absolute atomic E-state index is 0.135. The van der Waals surface area contributed by atoms with Gasteiger partial charge in [0.2, 0.25) is 0 Å². The number of benzene rings is 6. The van der Waals surface area contributed by atoms with Crippen molar-refractivity contribution in [2.45, 2.75) is 112 Å². The Morgan fingerprint density at radius 2 is 1.06 bits per heavy atom. The zero-order valence-corrected chi connectivity index (χ0v) is 39.6. The molecule has 0 bridgehead atoms. The summed E-state index contributed by atoms with van der Waals surface area (Å²) in [5, 5.41) is 12.5. The third-order valence-electron chi connectivity index (χ3n) is 12.4. The van der Waals surface area contributed by atoms with E-state index in [1.54, 1.807) is 0 Å². The lowest BCUT2D eigenvalue weighted by atomic mass is 9.79. The van der Waals surface area contributed by atoms with Gasteiger partial charge in [-0.15, -0.1) is 0 Å². The van der Waals surface area contributed by atoms with Crippen LogP contribution in [0.3, 0.4) is 0 Å². The molecule has 0 radical (unpaired) electrons. The number of aromatic hydroxyl groups is 1. The molecular weight excluding hydrogens is 767 g/mol. The molecule has 1 N–H and O–H groups in total. The first-order chi connectivity index (χ1) is 29.6. The molecule has 0 fully saturated rings. The van der Waals surface area contributed by atoms with Crippen molar-refractivity contribution in [2.24, 2.45) is 0 Å². The zero-order valence-electron chi connectivity index (χ0n) is 39.6. The summed E-state index contributed by atoms with van der Waals surface area (Å²) < 4.78 is 2.29. The number of rotatable bonds is 6. The molecule has 2 aromatic heterocycles. The summed E-state index contributed by atoms with van der Waals surface area (Å²) in [7, 11) is 0. The highest BCUT2D eigenvalue weighted by Gasteiger charge is 2.29. The number of para-hydroxylation sites is 1. The normalized spacial score (nSPS) is 12.6. The van der Waals surface area contributed by atoms with E-state index in [2.05, 4.69) is 228 Å². The molecule has 4 heteroatoms. The molecule has 0 aliphatic heterocycles. The van der Waals surface area contributed by atoms with Crippen molar-refractivity contribution in [1.29, 1.82) is 0 Å². The summed E-state index contributed by atoms with van der Waals surface area (Å²) in [5.41, 5.74) is 17.1. The average molecular weight is 830 g/mol. The summed E-state index contributed by atoms with van der Waals surface area (Å²) in [4.78, 5) is 10.6. The van der Waals surface area contributed by atoms with Crippen LogP contribution in [0.1, 0.15) is 111 Å². The van der Waals surface area contributed by atoms with Gasteiger partial charge in [0.05, 0.1) is 22.3 Å². The Morgan fingerprint density at radius 3 is 1.71 bits per heavy atom. The van der Waals surface area contributed by atoms with Crippen LogP contribution in [0.15, 0.2) is 140 Å². The first-order valence-electron chi connectivity index (χ1n) is 22.4. The number of aryl methyl sites for hydroxylation is 1. The van der Waals surface area contributed by atoms with Gasteiger partial charge >= 0.3 is 0 Å². The van der Waals surface area contributed by atoms with Crippen molar-refractivity contribution in [3.8, 4) is 67.5 Å². The highest BCUT2D eigenvalue weighted by atomic mass is 16.3. The molecule has 0 aliphatic carbocycles. The monoisotopic (exact) mass is 829 g/mol. The molecule has 0 unspecified atom stereocenters. The summed E-state index contributed by atoms with van der Waals surface area (Å²) in [5.74, 6) is 0.969. The quantitative estimate of drug-likeness (QED) is 0.182. The minimum atomic E-state index is -0.316. The Morgan fingerprint density at radius 1 is 0.460 bits per heavy atom. The van der Waals surface area contributed by atoms with Crippen molar-refractivity contribution in [1.82, 2.24) is 14.5 Å². The van der Waals surface area contributed by atoms with Gasteiger partial charge in [-0.1, -0.05) is 174 Å². The van der Waals surface area contributed by atoms with Crippen molar-refractivity contribution >= 4 is 11.0 Å². The molecule has 4 nitrogen and oxygen atoms in total. The fraction of sp³-hybridized carbons (Fsp3) is 0.288. The Labute approximate surface area is 375 Å². The maximum absolute atomic E-state index is 12.5. The van der Waals surface area contributed by atoms with Gasteiger partial charge in [-0.3, -0.25) is 9.55 Å². The summed E-state index contributed by atoms with van der Waals surface area (Å²) in [6.45, 7) is 28.9. The molecule has 0 spiro atoms. The van der Waals surface area contributed by atoms with E-state index >= 15 is 0 Å². The smallest absolute Gasteiger partial charge is 0.149 e. The number of phenolic OH excluding ortho intramolecular Hbond substituents is 1. The number of phenols is 1. The van der Waals surface area contributed by atoms with Crippen molar-refractivity contribution in [3.63, 3.8) is 0 Å². The van der Waals surface area contributed by atoms with E-state index in [9.17, 15) is 5.11 Å². The zero-order chi connectivity index (χ0) is 45.2. The van der Waals surface area contributed by atoms with E-state index in [0.717, 1.165) is 72.5 Å². The third kappa shape index (κ3) is 8.74. The highest BCUT2D eigenvalue weighted by molar-refractivity contribution is 5.97. The maximum atomic E-state index is 12.5. The fourth-order valence-corrected chi connectivity index (χ4v) is 8.43. The van der Waals surface area contributed by atoms with Crippen LogP contribution in [-0.2, 0) is 21.7 Å². The van der Waals surface area contributed by atoms with Gasteiger partial charge in [0.15, 0.2) is 0 Å². The van der Waals surface area contributed by atoms with Crippen LogP contribution >= 0.6 is 0 Å². The van der Waals surface area contributed by atoms with Gasteiger partial charge in [0.1, 0.15) is 11.6 Å². The predicted octanol–water partition coefficient (Wildman–Crippen LogP) is 16.0. The standard InChI is InChI=1S/C59H63N3O/c1-37-22-24-39(25-23-37)40-26-27-60-51(33-40)43-28-42(30-44(31-43)56(2,3)4)48-20-17-21-52-53(48)61-55(49-35-46(58(8,9)10)36-50(54(49)63)59(11,12)13)62(52)47-32-41(38-18-15-14-16-19-38)29-45(34-47)57(5,6)7/h14-36,63H,1-13H3. The minimum Gasteiger partial charge on any atom is -0.507 e. The van der Waals surface area contributed by atoms with E-state index in [-0.39, 0.29) is 27.4 Å². The Balaban J connectivity index is 1.45. The second kappa shape index (κ2) is 15.8. The second-order valence-electron chi connectivity index (χ2n) is 21.6. The number of pyridine rings is 1. The lowest BCUT2D eigenvalue weighted by Gasteiger charge is -2.28. The van der Waals surface area contributed by atoms with Crippen molar-refractivity contribution in [2.75, 3.05) is 0 Å². The molecule has 320 valence electrons. The van der Waals surface area contributed by atoms with E-state index in [4.69, 9.17) is 9.97 Å². The lowest BCUT2D eigenvalue weighted by Crippen LogP contribution is -2.17. The number of hydrogen-bond donors (Lipinski definition) is 1. The molecule has 8 rings (SSSR count). The van der Waals surface area contributed by atoms with E-state index in [1.165, 1.54) is 22.3 Å². The molecular formula is C59H63N3O. The molecule has 0 amide bonds. The van der Waals surface area contributed by atoms with Crippen LogP contribution in [0.5, 0.6) is 5.75 Å². The molecule has 0 saturated heterocycles. The van der Waals surface area contributed by atoms with Crippen molar-refractivity contribution in [3.05, 3.63) is 167 Å². The summed E-state index contributed by atoms with van der Waals surface area (Å²) in [6, 6.07) is 48.3. The Bertz CT molecular complexity index is 2980. The Kier molecular flexibility index (Phi) is 10.9. The number of imidazole rings is 1. The van der Waals surface area contributed by atoms with Crippen LogP contribution in [0.2, 0.25) is 0 Å². The molecule has 63 heavy (non-hydrogen) atoms. The van der Waals surface area contributed by atoms with Crippen LogP contribution in [0.4, 0.5) is 0 Å². The topological polar surface area (TPSA) is 50.9 Å². The predicted molar refractivity (Wildman–Crippen MR) is 267 cm³/mol. The van der Waals surface area contributed by atoms with E-state index in [1.807, 2.05) is 6.20 Å².